The summed E-state index contributed by atoms with van der Waals surface area (Å²) in [6.45, 7) is 8.26. The summed E-state index contributed by atoms with van der Waals surface area (Å²) in [5.74, 6) is -0.0549. The Kier molecular flexibility index (Phi) is 5.72. The molecule has 0 saturated carbocycles. The van der Waals surface area contributed by atoms with Crippen molar-refractivity contribution in [1.29, 1.82) is 0 Å². The molecule has 0 aromatic heterocycles. The molecule has 0 aliphatic heterocycles. The molecular weight excluding hydrogens is 252 g/mol. The molecule has 0 spiro atoms. The zero-order valence-corrected chi connectivity index (χ0v) is 13.2. The zero-order valence-electron chi connectivity index (χ0n) is 13.2. The molecule has 0 radical (unpaired) electrons. The molecule has 112 valence electrons. The Labute approximate surface area is 121 Å². The van der Waals surface area contributed by atoms with Crippen LogP contribution in [0.1, 0.15) is 31.9 Å². The first kappa shape index (κ1) is 16.7. The first-order chi connectivity index (χ1) is 9.23. The highest BCUT2D eigenvalue weighted by atomic mass is 16.3. The molecule has 0 bridgehead atoms. The van der Waals surface area contributed by atoms with Crippen LogP contribution in [0.3, 0.4) is 0 Å². The van der Waals surface area contributed by atoms with Gasteiger partial charge in [0.15, 0.2) is 0 Å². The molecule has 1 aromatic carbocycles. The third-order valence-electron chi connectivity index (χ3n) is 3.07. The van der Waals surface area contributed by atoms with Gasteiger partial charge in [0.25, 0.3) is 0 Å². The molecule has 0 aliphatic carbocycles. The summed E-state index contributed by atoms with van der Waals surface area (Å²) in [4.78, 5) is 13.9. The molecule has 1 rings (SSSR count). The summed E-state index contributed by atoms with van der Waals surface area (Å²) in [6, 6.07) is 6.03. The van der Waals surface area contributed by atoms with Gasteiger partial charge in [0.05, 0.1) is 12.1 Å². The van der Waals surface area contributed by atoms with Crippen LogP contribution >= 0.6 is 0 Å². The van der Waals surface area contributed by atoms with Gasteiger partial charge in [-0.3, -0.25) is 9.69 Å². The number of carbonyl (C=O) groups excluding carboxylic acids is 1. The van der Waals surface area contributed by atoms with Gasteiger partial charge < -0.3 is 10.4 Å². The molecule has 4 heteroatoms. The van der Waals surface area contributed by atoms with Crippen LogP contribution in [0.15, 0.2) is 18.2 Å². The highest BCUT2D eigenvalue weighted by Crippen LogP contribution is 2.20. The second-order valence-electron chi connectivity index (χ2n) is 6.00. The van der Waals surface area contributed by atoms with E-state index in [0.29, 0.717) is 6.54 Å². The van der Waals surface area contributed by atoms with Gasteiger partial charge >= 0.3 is 0 Å². The van der Waals surface area contributed by atoms with E-state index in [2.05, 4.69) is 12.2 Å². The molecule has 0 aliphatic rings. The van der Waals surface area contributed by atoms with Crippen molar-refractivity contribution in [2.75, 3.05) is 25.5 Å². The molecule has 20 heavy (non-hydrogen) atoms. The van der Waals surface area contributed by atoms with E-state index in [9.17, 15) is 9.90 Å². The second kappa shape index (κ2) is 6.86. The van der Waals surface area contributed by atoms with E-state index in [0.717, 1.165) is 23.2 Å². The normalized spacial score (nSPS) is 11.8. The lowest BCUT2D eigenvalue weighted by atomic mass is 10.1. The standard InChI is InChI=1S/C16H26N2O2/c1-6-13-9-7-8-12(2)15(13)17-14(19)10-18(5)11-16(3,4)20/h7-9,20H,6,10-11H2,1-5H3,(H,17,19). The Balaban J connectivity index is 2.68. The number of nitrogens with one attached hydrogen (secondary N) is 1. The Bertz CT molecular complexity index is 464. The molecule has 0 atom stereocenters. The molecule has 0 fully saturated rings. The van der Waals surface area contributed by atoms with E-state index >= 15 is 0 Å². The lowest BCUT2D eigenvalue weighted by Gasteiger charge is -2.25. The van der Waals surface area contributed by atoms with Gasteiger partial charge in [0.1, 0.15) is 0 Å². The van der Waals surface area contributed by atoms with Gasteiger partial charge in [0, 0.05) is 12.2 Å². The van der Waals surface area contributed by atoms with Crippen LogP contribution in [0, 0.1) is 6.92 Å². The Morgan fingerprint density at radius 3 is 2.60 bits per heavy atom. The average Bonchev–Trinajstić information content (AvgIpc) is 2.28. The van der Waals surface area contributed by atoms with Crippen molar-refractivity contribution in [2.24, 2.45) is 0 Å². The molecule has 0 heterocycles. The first-order valence-corrected chi connectivity index (χ1v) is 7.02. The quantitative estimate of drug-likeness (QED) is 0.839. The van der Waals surface area contributed by atoms with Crippen molar-refractivity contribution >= 4 is 11.6 Å². The number of amides is 1. The predicted molar refractivity (Wildman–Crippen MR) is 83.0 cm³/mol. The lowest BCUT2D eigenvalue weighted by molar-refractivity contribution is -0.117. The number of nitrogens with zero attached hydrogens (tertiary/aromatic N) is 1. The number of aliphatic hydroxyl groups is 1. The smallest absolute Gasteiger partial charge is 0.238 e. The minimum atomic E-state index is -0.799. The summed E-state index contributed by atoms with van der Waals surface area (Å²) < 4.78 is 0. The number of rotatable bonds is 6. The summed E-state index contributed by atoms with van der Waals surface area (Å²) in [6.07, 6.45) is 0.886. The maximum absolute atomic E-state index is 12.1. The predicted octanol–water partition coefficient (Wildman–Crippen LogP) is 2.20. The number of carbonyl (C=O) groups is 1. The molecule has 4 nitrogen and oxygen atoms in total. The maximum Gasteiger partial charge on any atom is 0.238 e. The topological polar surface area (TPSA) is 52.6 Å². The first-order valence-electron chi connectivity index (χ1n) is 7.02. The highest BCUT2D eigenvalue weighted by Gasteiger charge is 2.18. The van der Waals surface area contributed by atoms with Crippen molar-refractivity contribution in [3.05, 3.63) is 29.3 Å². The van der Waals surface area contributed by atoms with Gasteiger partial charge in [-0.2, -0.15) is 0 Å². The maximum atomic E-state index is 12.1. The summed E-state index contributed by atoms with van der Waals surface area (Å²) in [7, 11) is 1.83. The minimum absolute atomic E-state index is 0.0549. The molecule has 1 aromatic rings. The largest absolute Gasteiger partial charge is 0.389 e. The van der Waals surface area contributed by atoms with Crippen LogP contribution in [0.25, 0.3) is 0 Å². The summed E-state index contributed by atoms with van der Waals surface area (Å²) in [5.41, 5.74) is 2.33. The number of hydrogen-bond acceptors (Lipinski definition) is 3. The van der Waals surface area contributed by atoms with Gasteiger partial charge in [0.2, 0.25) is 5.91 Å². The van der Waals surface area contributed by atoms with Crippen LogP contribution in [-0.2, 0) is 11.2 Å². The fourth-order valence-electron chi connectivity index (χ4n) is 2.34. The van der Waals surface area contributed by atoms with Crippen LogP contribution in [0.2, 0.25) is 0 Å². The second-order valence-corrected chi connectivity index (χ2v) is 6.00. The molecular formula is C16H26N2O2. The van der Waals surface area contributed by atoms with Crippen LogP contribution in [0.4, 0.5) is 5.69 Å². The van der Waals surface area contributed by atoms with Crippen molar-refractivity contribution in [1.82, 2.24) is 4.90 Å². The zero-order chi connectivity index (χ0) is 15.3. The van der Waals surface area contributed by atoms with E-state index < -0.39 is 5.60 Å². The number of anilines is 1. The minimum Gasteiger partial charge on any atom is -0.389 e. The summed E-state index contributed by atoms with van der Waals surface area (Å²) >= 11 is 0. The van der Waals surface area contributed by atoms with E-state index in [-0.39, 0.29) is 12.5 Å². The third-order valence-corrected chi connectivity index (χ3v) is 3.07. The monoisotopic (exact) mass is 278 g/mol. The van der Waals surface area contributed by atoms with Crippen molar-refractivity contribution in [2.45, 2.75) is 39.7 Å². The van der Waals surface area contributed by atoms with Crippen molar-refractivity contribution < 1.29 is 9.90 Å². The Morgan fingerprint density at radius 2 is 2.05 bits per heavy atom. The van der Waals surface area contributed by atoms with Gasteiger partial charge in [-0.05, 0) is 45.4 Å². The van der Waals surface area contributed by atoms with Gasteiger partial charge in [-0.15, -0.1) is 0 Å². The fraction of sp³-hybridized carbons (Fsp3) is 0.562. The number of likely N-dealkylation sites (N-methyl/N-ethyl adjacent to an activating group) is 1. The third kappa shape index (κ3) is 5.31. The SMILES string of the molecule is CCc1cccc(C)c1NC(=O)CN(C)CC(C)(C)O. The Hall–Kier alpha value is -1.39. The molecule has 1 amide bonds. The molecule has 0 saturated heterocycles. The number of aryl methyl sites for hydroxylation is 2. The van der Waals surface area contributed by atoms with Crippen LogP contribution in [-0.4, -0.2) is 41.7 Å². The van der Waals surface area contributed by atoms with Crippen LogP contribution < -0.4 is 5.32 Å². The van der Waals surface area contributed by atoms with Gasteiger partial charge in [-0.1, -0.05) is 25.1 Å². The molecule has 2 N–H and O–H groups in total. The average molecular weight is 278 g/mol. The van der Waals surface area contributed by atoms with E-state index in [1.807, 2.05) is 37.1 Å². The summed E-state index contributed by atoms with van der Waals surface area (Å²) in [5, 5.41) is 12.7. The van der Waals surface area contributed by atoms with E-state index in [4.69, 9.17) is 0 Å². The highest BCUT2D eigenvalue weighted by molar-refractivity contribution is 5.93. The fourth-order valence-corrected chi connectivity index (χ4v) is 2.34. The number of para-hydroxylation sites is 1. The Morgan fingerprint density at radius 1 is 1.40 bits per heavy atom. The van der Waals surface area contributed by atoms with E-state index in [1.165, 1.54) is 0 Å². The lowest BCUT2D eigenvalue weighted by Crippen LogP contribution is -2.40. The van der Waals surface area contributed by atoms with Crippen LogP contribution in [0.5, 0.6) is 0 Å². The van der Waals surface area contributed by atoms with Gasteiger partial charge in [-0.25, -0.2) is 0 Å². The van der Waals surface area contributed by atoms with Crippen molar-refractivity contribution in [3.63, 3.8) is 0 Å². The van der Waals surface area contributed by atoms with E-state index in [1.54, 1.807) is 13.8 Å². The number of hydrogen-bond donors (Lipinski definition) is 2. The number of benzene rings is 1. The molecule has 0 unspecified atom stereocenters. The van der Waals surface area contributed by atoms with Crippen molar-refractivity contribution in [3.8, 4) is 0 Å².